The zero-order valence-electron chi connectivity index (χ0n) is 15.8. The number of carbonyl (C=O) groups is 1. The zero-order valence-corrected chi connectivity index (χ0v) is 17.3. The van der Waals surface area contributed by atoms with Crippen LogP contribution in [0.25, 0.3) is 0 Å². The molecule has 5 nitrogen and oxygen atoms in total. The van der Waals surface area contributed by atoms with Gasteiger partial charge in [0.15, 0.2) is 5.72 Å². The molecule has 1 aliphatic rings. The Hall–Kier alpha value is -2.60. The second kappa shape index (κ2) is 7.34. The Balaban J connectivity index is 1.90. The van der Waals surface area contributed by atoms with Crippen molar-refractivity contribution in [2.24, 2.45) is 0 Å². The van der Waals surface area contributed by atoms with Crippen LogP contribution in [0.2, 0.25) is 10.3 Å². The topological polar surface area (TPSA) is 62.7 Å². The molecule has 0 aliphatic carbocycles. The molecule has 0 radical (unpaired) electrons. The number of nitrogens with zero attached hydrogens (tertiary/aromatic N) is 2. The van der Waals surface area contributed by atoms with Crippen molar-refractivity contribution in [1.29, 1.82) is 0 Å². The van der Waals surface area contributed by atoms with Gasteiger partial charge in [0.05, 0.1) is 18.2 Å². The second-order valence-corrected chi connectivity index (χ2v) is 7.63. The largest absolute Gasteiger partial charge is 0.497 e. The van der Waals surface area contributed by atoms with Crippen LogP contribution in [-0.4, -0.2) is 28.0 Å². The molecule has 1 unspecified atom stereocenters. The standard InChI is InChI=1S/C22H18Cl2N2O3/c1-13-5-3-4-6-17(13)22(28)19-16(11-18(23)25-20(19)24)21(27)26(22)12-14-7-9-15(29-2)10-8-14/h3-11,28H,12H2,1-2H3. The van der Waals surface area contributed by atoms with Gasteiger partial charge in [0.1, 0.15) is 16.1 Å². The molecule has 1 amide bonds. The van der Waals surface area contributed by atoms with Crippen molar-refractivity contribution in [2.75, 3.05) is 7.11 Å². The summed E-state index contributed by atoms with van der Waals surface area (Å²) < 4.78 is 5.20. The highest BCUT2D eigenvalue weighted by atomic mass is 35.5. The van der Waals surface area contributed by atoms with Crippen molar-refractivity contribution in [3.05, 3.63) is 92.7 Å². The Bertz CT molecular complexity index is 1100. The predicted octanol–water partition coefficient (Wildman–Crippen LogP) is 4.55. The SMILES string of the molecule is COc1ccc(CN2C(=O)c3cc(Cl)nc(Cl)c3C2(O)c2ccccc2C)cc1. The Morgan fingerprint density at radius 2 is 1.83 bits per heavy atom. The van der Waals surface area contributed by atoms with Gasteiger partial charge in [-0.1, -0.05) is 59.6 Å². The van der Waals surface area contributed by atoms with Gasteiger partial charge in [0.2, 0.25) is 0 Å². The van der Waals surface area contributed by atoms with Gasteiger partial charge in [-0.15, -0.1) is 0 Å². The van der Waals surface area contributed by atoms with Crippen LogP contribution in [0, 0.1) is 6.92 Å². The molecule has 4 rings (SSSR count). The van der Waals surface area contributed by atoms with E-state index in [4.69, 9.17) is 27.9 Å². The summed E-state index contributed by atoms with van der Waals surface area (Å²) >= 11 is 12.4. The molecule has 1 aromatic heterocycles. The third kappa shape index (κ3) is 3.15. The van der Waals surface area contributed by atoms with Crippen molar-refractivity contribution in [1.82, 2.24) is 9.88 Å². The molecular weight excluding hydrogens is 411 g/mol. The fourth-order valence-electron chi connectivity index (χ4n) is 3.76. The van der Waals surface area contributed by atoms with Gasteiger partial charge < -0.3 is 9.84 Å². The van der Waals surface area contributed by atoms with E-state index in [0.717, 1.165) is 11.1 Å². The maximum atomic E-state index is 13.3. The van der Waals surface area contributed by atoms with Gasteiger partial charge in [0.25, 0.3) is 5.91 Å². The molecule has 3 aromatic rings. The van der Waals surface area contributed by atoms with Crippen LogP contribution in [0.5, 0.6) is 5.75 Å². The van der Waals surface area contributed by atoms with Crippen molar-refractivity contribution >= 4 is 29.1 Å². The molecule has 148 valence electrons. The predicted molar refractivity (Wildman–Crippen MR) is 111 cm³/mol. The summed E-state index contributed by atoms with van der Waals surface area (Å²) in [4.78, 5) is 18.8. The summed E-state index contributed by atoms with van der Waals surface area (Å²) in [6.07, 6.45) is 0. The number of carbonyl (C=O) groups excluding carboxylic acids is 1. The molecule has 2 heterocycles. The van der Waals surface area contributed by atoms with Crippen LogP contribution < -0.4 is 4.74 Å². The molecule has 7 heteroatoms. The van der Waals surface area contributed by atoms with Crippen molar-refractivity contribution in [3.63, 3.8) is 0 Å². The maximum Gasteiger partial charge on any atom is 0.257 e. The van der Waals surface area contributed by atoms with E-state index in [0.29, 0.717) is 11.3 Å². The Kier molecular flexibility index (Phi) is 4.99. The fraction of sp³-hybridized carbons (Fsp3) is 0.182. The van der Waals surface area contributed by atoms with Crippen LogP contribution in [0.15, 0.2) is 54.6 Å². The van der Waals surface area contributed by atoms with Crippen molar-refractivity contribution < 1.29 is 14.6 Å². The van der Waals surface area contributed by atoms with Crippen LogP contribution in [-0.2, 0) is 12.3 Å². The van der Waals surface area contributed by atoms with Crippen LogP contribution >= 0.6 is 23.2 Å². The van der Waals surface area contributed by atoms with Gasteiger partial charge in [-0.25, -0.2) is 4.98 Å². The first kappa shape index (κ1) is 19.7. The maximum absolute atomic E-state index is 13.3. The Morgan fingerprint density at radius 1 is 1.14 bits per heavy atom. The molecular formula is C22H18Cl2N2O3. The molecule has 1 atom stereocenters. The monoisotopic (exact) mass is 428 g/mol. The van der Waals surface area contributed by atoms with Crippen LogP contribution in [0.1, 0.15) is 32.6 Å². The Morgan fingerprint density at radius 3 is 2.48 bits per heavy atom. The molecule has 0 saturated heterocycles. The molecule has 0 bridgehead atoms. The number of pyridine rings is 1. The van der Waals surface area contributed by atoms with Crippen LogP contribution in [0.3, 0.4) is 0 Å². The number of aromatic nitrogens is 1. The first-order valence-electron chi connectivity index (χ1n) is 8.96. The van der Waals surface area contributed by atoms with E-state index in [9.17, 15) is 9.90 Å². The highest BCUT2D eigenvalue weighted by molar-refractivity contribution is 6.34. The molecule has 2 aromatic carbocycles. The van der Waals surface area contributed by atoms with E-state index in [1.807, 2.05) is 37.3 Å². The molecule has 1 aliphatic heterocycles. The Labute approximate surface area is 178 Å². The molecule has 0 saturated carbocycles. The van der Waals surface area contributed by atoms with Gasteiger partial charge in [0, 0.05) is 12.1 Å². The number of fused-ring (bicyclic) bond motifs is 1. The number of ether oxygens (including phenoxy) is 1. The number of methoxy groups -OCH3 is 1. The quantitative estimate of drug-likeness (QED) is 0.618. The summed E-state index contributed by atoms with van der Waals surface area (Å²) in [6.45, 7) is 2.04. The van der Waals surface area contributed by atoms with Gasteiger partial charge in [-0.2, -0.15) is 0 Å². The number of aliphatic hydroxyl groups is 1. The van der Waals surface area contributed by atoms with E-state index < -0.39 is 5.72 Å². The summed E-state index contributed by atoms with van der Waals surface area (Å²) in [5, 5.41) is 12.1. The normalized spacial score (nSPS) is 18.1. The highest BCUT2D eigenvalue weighted by Gasteiger charge is 2.52. The lowest BCUT2D eigenvalue weighted by Crippen LogP contribution is -2.44. The van der Waals surface area contributed by atoms with Crippen molar-refractivity contribution in [2.45, 2.75) is 19.2 Å². The number of aryl methyl sites for hydroxylation is 1. The van der Waals surface area contributed by atoms with Gasteiger partial charge in [-0.05, 0) is 36.2 Å². The number of rotatable bonds is 4. The van der Waals surface area contributed by atoms with E-state index in [2.05, 4.69) is 4.98 Å². The second-order valence-electron chi connectivity index (χ2n) is 6.88. The average molecular weight is 429 g/mol. The molecule has 1 N–H and O–H groups in total. The molecule has 29 heavy (non-hydrogen) atoms. The summed E-state index contributed by atoms with van der Waals surface area (Å²) in [5.74, 6) is 0.339. The minimum absolute atomic E-state index is 0.00355. The third-order valence-electron chi connectivity index (χ3n) is 5.18. The summed E-state index contributed by atoms with van der Waals surface area (Å²) in [5.41, 5.74) is 0.930. The lowest BCUT2D eigenvalue weighted by Gasteiger charge is -2.36. The smallest absolute Gasteiger partial charge is 0.257 e. The van der Waals surface area contributed by atoms with E-state index in [1.54, 1.807) is 25.3 Å². The lowest BCUT2D eigenvalue weighted by molar-refractivity contribution is -0.0547. The zero-order chi connectivity index (χ0) is 20.8. The number of hydrogen-bond donors (Lipinski definition) is 1. The van der Waals surface area contributed by atoms with E-state index in [1.165, 1.54) is 11.0 Å². The van der Waals surface area contributed by atoms with E-state index >= 15 is 0 Å². The summed E-state index contributed by atoms with van der Waals surface area (Å²) in [6, 6.07) is 16.1. The van der Waals surface area contributed by atoms with Gasteiger partial charge in [-0.3, -0.25) is 9.69 Å². The van der Waals surface area contributed by atoms with Crippen LogP contribution in [0.4, 0.5) is 0 Å². The molecule has 0 spiro atoms. The average Bonchev–Trinajstić information content (AvgIpc) is 2.91. The lowest BCUT2D eigenvalue weighted by atomic mass is 9.91. The minimum Gasteiger partial charge on any atom is -0.497 e. The van der Waals surface area contributed by atoms with Gasteiger partial charge >= 0.3 is 0 Å². The number of amides is 1. The van der Waals surface area contributed by atoms with E-state index in [-0.39, 0.29) is 33.9 Å². The van der Waals surface area contributed by atoms with Crippen molar-refractivity contribution in [3.8, 4) is 5.75 Å². The first-order chi connectivity index (χ1) is 13.9. The molecule has 0 fully saturated rings. The number of hydrogen-bond acceptors (Lipinski definition) is 4. The minimum atomic E-state index is -1.77. The highest BCUT2D eigenvalue weighted by Crippen LogP contribution is 2.47. The number of halogens is 2. The first-order valence-corrected chi connectivity index (χ1v) is 9.71. The third-order valence-corrected chi connectivity index (χ3v) is 5.65. The fourth-order valence-corrected chi connectivity index (χ4v) is 4.32. The summed E-state index contributed by atoms with van der Waals surface area (Å²) in [7, 11) is 1.59. The number of benzene rings is 2.